The quantitative estimate of drug-likeness (QED) is 0.250. The van der Waals surface area contributed by atoms with Gasteiger partial charge in [0, 0.05) is 0 Å². The van der Waals surface area contributed by atoms with Crippen molar-refractivity contribution in [2.75, 3.05) is 7.11 Å². The first-order chi connectivity index (χ1) is 10.8. The molecule has 0 radical (unpaired) electrons. The molecule has 0 amide bonds. The van der Waals surface area contributed by atoms with Gasteiger partial charge in [-0.3, -0.25) is 4.99 Å². The van der Waals surface area contributed by atoms with Crippen LogP contribution in [0.15, 0.2) is 17.1 Å². The maximum atomic E-state index is 11.1. The van der Waals surface area contributed by atoms with Gasteiger partial charge in [0.2, 0.25) is 0 Å². The lowest BCUT2D eigenvalue weighted by molar-refractivity contribution is -0.132. The number of methoxy groups -OCH3 is 1. The zero-order valence-electron chi connectivity index (χ0n) is 14.5. The number of aliphatic imine (C=N–C) groups is 1. The predicted octanol–water partition coefficient (Wildman–Crippen LogP) is 5.24. The fourth-order valence-electron chi connectivity index (χ4n) is 2.69. The topological polar surface area (TPSA) is 38.7 Å². The van der Waals surface area contributed by atoms with E-state index >= 15 is 0 Å². The molecule has 0 N–H and O–H groups in total. The van der Waals surface area contributed by atoms with Crippen LogP contribution in [0.1, 0.15) is 84.0 Å². The summed E-state index contributed by atoms with van der Waals surface area (Å²) in [6, 6.07) is 0.129. The van der Waals surface area contributed by atoms with Crippen LogP contribution in [0.25, 0.3) is 0 Å². The van der Waals surface area contributed by atoms with E-state index in [-0.39, 0.29) is 12.0 Å². The molecule has 0 bridgehead atoms. The van der Waals surface area contributed by atoms with Crippen LogP contribution in [0.4, 0.5) is 0 Å². The van der Waals surface area contributed by atoms with Crippen molar-refractivity contribution < 1.29 is 9.53 Å². The van der Waals surface area contributed by atoms with Crippen LogP contribution in [-0.2, 0) is 9.53 Å². The molecule has 0 saturated carbocycles. The van der Waals surface area contributed by atoms with Crippen molar-refractivity contribution in [3.8, 4) is 0 Å². The molecule has 1 unspecified atom stereocenters. The van der Waals surface area contributed by atoms with Gasteiger partial charge in [-0.25, -0.2) is 4.79 Å². The standard InChI is InChI=1S/C19H33NO2/c1-3-4-5-6-7-8-9-10-11-12-13-14-15-16-17-18(20-17)19(21)22-2/h13-14,17H,3-12,15-16H2,1-2H3/b14-13+. The number of unbranched alkanes of at least 4 members (excludes halogenated alkanes) is 9. The lowest BCUT2D eigenvalue weighted by Crippen LogP contribution is -2.12. The lowest BCUT2D eigenvalue weighted by atomic mass is 10.1. The Labute approximate surface area is 136 Å². The number of nitrogens with zero attached hydrogens (tertiary/aromatic N) is 1. The van der Waals surface area contributed by atoms with Crippen molar-refractivity contribution in [3.63, 3.8) is 0 Å². The highest BCUT2D eigenvalue weighted by atomic mass is 16.5. The summed E-state index contributed by atoms with van der Waals surface area (Å²) in [7, 11) is 1.41. The normalized spacial score (nSPS) is 16.8. The van der Waals surface area contributed by atoms with Gasteiger partial charge in [-0.15, -0.1) is 0 Å². The Morgan fingerprint density at radius 2 is 1.59 bits per heavy atom. The first kappa shape index (κ1) is 18.9. The summed E-state index contributed by atoms with van der Waals surface area (Å²) < 4.78 is 4.64. The summed E-state index contributed by atoms with van der Waals surface area (Å²) in [6.45, 7) is 2.27. The third-order valence-corrected chi connectivity index (χ3v) is 4.19. The smallest absolute Gasteiger partial charge is 0.354 e. The molecule has 0 aliphatic carbocycles. The molecule has 0 saturated heterocycles. The summed E-state index contributed by atoms with van der Waals surface area (Å²) >= 11 is 0. The summed E-state index contributed by atoms with van der Waals surface area (Å²) in [5.74, 6) is -0.260. The zero-order valence-corrected chi connectivity index (χ0v) is 14.5. The molecule has 0 fully saturated rings. The molecule has 1 aliphatic heterocycles. The van der Waals surface area contributed by atoms with Gasteiger partial charge in [0.1, 0.15) is 5.71 Å². The lowest BCUT2D eigenvalue weighted by Gasteiger charge is -2.00. The molecule has 0 aromatic rings. The first-order valence-electron chi connectivity index (χ1n) is 9.10. The minimum Gasteiger partial charge on any atom is -0.464 e. The molecule has 0 aromatic carbocycles. The van der Waals surface area contributed by atoms with Crippen LogP contribution < -0.4 is 0 Å². The fourth-order valence-corrected chi connectivity index (χ4v) is 2.69. The van der Waals surface area contributed by atoms with E-state index in [1.54, 1.807) is 0 Å². The molecule has 1 rings (SSSR count). The Hall–Kier alpha value is -1.12. The van der Waals surface area contributed by atoms with Gasteiger partial charge in [-0.1, -0.05) is 70.4 Å². The first-order valence-corrected chi connectivity index (χ1v) is 9.10. The van der Waals surface area contributed by atoms with E-state index in [9.17, 15) is 4.79 Å². The molecule has 0 spiro atoms. The highest BCUT2D eigenvalue weighted by Crippen LogP contribution is 2.19. The molecule has 3 nitrogen and oxygen atoms in total. The molecule has 1 atom stereocenters. The average Bonchev–Trinajstić information content (AvgIpc) is 3.30. The highest BCUT2D eigenvalue weighted by Gasteiger charge is 2.33. The highest BCUT2D eigenvalue weighted by molar-refractivity contribution is 6.44. The summed E-state index contributed by atoms with van der Waals surface area (Å²) in [5, 5.41) is 0. The number of carbonyl (C=O) groups excluding carboxylic acids is 1. The summed E-state index contributed by atoms with van der Waals surface area (Å²) in [4.78, 5) is 15.3. The average molecular weight is 307 g/mol. The molecular formula is C19H33NO2. The third kappa shape index (κ3) is 9.01. The molecule has 1 aliphatic rings. The maximum absolute atomic E-state index is 11.1. The Balaban J connectivity index is 1.79. The number of esters is 1. The van der Waals surface area contributed by atoms with Crippen LogP contribution >= 0.6 is 0 Å². The third-order valence-electron chi connectivity index (χ3n) is 4.19. The number of ether oxygens (including phenoxy) is 1. The van der Waals surface area contributed by atoms with Crippen molar-refractivity contribution >= 4 is 11.7 Å². The Kier molecular flexibility index (Phi) is 10.7. The van der Waals surface area contributed by atoms with E-state index in [4.69, 9.17) is 0 Å². The Morgan fingerprint density at radius 1 is 1.00 bits per heavy atom. The molecule has 1 heterocycles. The van der Waals surface area contributed by atoms with E-state index in [0.29, 0.717) is 5.71 Å². The summed E-state index contributed by atoms with van der Waals surface area (Å²) in [5.41, 5.74) is 0.620. The van der Waals surface area contributed by atoms with Gasteiger partial charge >= 0.3 is 5.97 Å². The molecule has 3 heteroatoms. The van der Waals surface area contributed by atoms with Gasteiger partial charge < -0.3 is 4.74 Å². The van der Waals surface area contributed by atoms with E-state index < -0.39 is 0 Å². The molecule has 126 valence electrons. The predicted molar refractivity (Wildman–Crippen MR) is 93.5 cm³/mol. The van der Waals surface area contributed by atoms with Gasteiger partial charge in [-0.2, -0.15) is 0 Å². The molecular weight excluding hydrogens is 274 g/mol. The number of rotatable bonds is 14. The van der Waals surface area contributed by atoms with Gasteiger partial charge in [-0.05, 0) is 25.7 Å². The number of carbonyl (C=O) groups is 1. The maximum Gasteiger partial charge on any atom is 0.354 e. The van der Waals surface area contributed by atoms with Crippen LogP contribution in [0, 0.1) is 0 Å². The fraction of sp³-hybridized carbons (Fsp3) is 0.789. The SMILES string of the molecule is CCCCCCCCCCC/C=C/CCC1N=C1C(=O)OC. The minimum absolute atomic E-state index is 0.129. The number of hydrogen-bond acceptors (Lipinski definition) is 3. The molecule has 22 heavy (non-hydrogen) atoms. The second kappa shape index (κ2) is 12.4. The second-order valence-electron chi connectivity index (χ2n) is 6.19. The van der Waals surface area contributed by atoms with Crippen molar-refractivity contribution in [2.45, 2.75) is 90.0 Å². The number of hydrogen-bond donors (Lipinski definition) is 0. The van der Waals surface area contributed by atoms with E-state index in [1.165, 1.54) is 71.3 Å². The number of allylic oxidation sites excluding steroid dienone is 2. The van der Waals surface area contributed by atoms with Crippen LogP contribution in [0.2, 0.25) is 0 Å². The van der Waals surface area contributed by atoms with Gasteiger partial charge in [0.15, 0.2) is 0 Å². The Bertz CT molecular complexity index is 360. The van der Waals surface area contributed by atoms with Crippen LogP contribution in [0.5, 0.6) is 0 Å². The molecule has 0 aromatic heterocycles. The van der Waals surface area contributed by atoms with Crippen LogP contribution in [0.3, 0.4) is 0 Å². The zero-order chi connectivity index (χ0) is 16.0. The van der Waals surface area contributed by atoms with E-state index in [0.717, 1.165) is 12.8 Å². The van der Waals surface area contributed by atoms with Crippen molar-refractivity contribution in [3.05, 3.63) is 12.2 Å². The Morgan fingerprint density at radius 3 is 2.23 bits per heavy atom. The van der Waals surface area contributed by atoms with Crippen LogP contribution in [-0.4, -0.2) is 24.8 Å². The second-order valence-corrected chi connectivity index (χ2v) is 6.19. The van der Waals surface area contributed by atoms with E-state index in [2.05, 4.69) is 28.8 Å². The van der Waals surface area contributed by atoms with Crippen molar-refractivity contribution in [1.29, 1.82) is 0 Å². The van der Waals surface area contributed by atoms with Gasteiger partial charge in [0.05, 0.1) is 13.2 Å². The largest absolute Gasteiger partial charge is 0.464 e. The summed E-state index contributed by atoms with van der Waals surface area (Å²) in [6.07, 6.45) is 20.1. The van der Waals surface area contributed by atoms with Crippen molar-refractivity contribution in [1.82, 2.24) is 0 Å². The van der Waals surface area contributed by atoms with Gasteiger partial charge in [0.25, 0.3) is 0 Å². The van der Waals surface area contributed by atoms with Crippen molar-refractivity contribution in [2.24, 2.45) is 4.99 Å². The monoisotopic (exact) mass is 307 g/mol. The van der Waals surface area contributed by atoms with E-state index in [1.807, 2.05) is 0 Å². The minimum atomic E-state index is -0.260.